The summed E-state index contributed by atoms with van der Waals surface area (Å²) >= 11 is 1.82. The minimum absolute atomic E-state index is 0.134. The van der Waals surface area contributed by atoms with Gasteiger partial charge in [-0.2, -0.15) is 0 Å². The van der Waals surface area contributed by atoms with E-state index in [1.54, 1.807) is 0 Å². The van der Waals surface area contributed by atoms with Crippen LogP contribution in [0.3, 0.4) is 0 Å². The zero-order valence-electron chi connectivity index (χ0n) is 11.7. The van der Waals surface area contributed by atoms with E-state index in [1.165, 1.54) is 10.4 Å². The van der Waals surface area contributed by atoms with E-state index in [2.05, 4.69) is 44.0 Å². The number of rotatable bonds is 3. The van der Waals surface area contributed by atoms with Crippen molar-refractivity contribution in [3.8, 4) is 0 Å². The molecule has 4 unspecified atom stereocenters. The van der Waals surface area contributed by atoms with Gasteiger partial charge in [0.05, 0.1) is 18.8 Å². The molecule has 3 nitrogen and oxygen atoms in total. The molecule has 0 bridgehead atoms. The Labute approximate surface area is 114 Å². The highest BCUT2D eigenvalue weighted by atomic mass is 32.1. The number of morpholine rings is 1. The third-order valence-corrected chi connectivity index (χ3v) is 4.77. The van der Waals surface area contributed by atoms with Gasteiger partial charge >= 0.3 is 0 Å². The number of ether oxygens (including phenoxy) is 1. The van der Waals surface area contributed by atoms with Gasteiger partial charge in [-0.3, -0.25) is 4.90 Å². The quantitative estimate of drug-likeness (QED) is 0.915. The first-order chi connectivity index (χ1) is 8.50. The number of thiophene rings is 1. The first-order valence-electron chi connectivity index (χ1n) is 6.67. The molecular formula is C14H24N2OS. The molecule has 0 amide bonds. The van der Waals surface area contributed by atoms with Gasteiger partial charge in [0, 0.05) is 23.5 Å². The maximum atomic E-state index is 6.26. The van der Waals surface area contributed by atoms with Crippen LogP contribution in [0.4, 0.5) is 0 Å². The maximum absolute atomic E-state index is 6.26. The summed E-state index contributed by atoms with van der Waals surface area (Å²) in [6.07, 6.45) is 0.294. The Bertz CT molecular complexity index is 391. The lowest BCUT2D eigenvalue weighted by molar-refractivity contribution is -0.0692. The average molecular weight is 268 g/mol. The summed E-state index contributed by atoms with van der Waals surface area (Å²) in [5, 5.41) is 2.16. The zero-order valence-corrected chi connectivity index (χ0v) is 12.5. The summed E-state index contributed by atoms with van der Waals surface area (Å²) in [5.41, 5.74) is 7.61. The number of nitrogens with zero attached hydrogens (tertiary/aromatic N) is 1. The fraction of sp³-hybridized carbons (Fsp3) is 0.714. The number of nitrogens with two attached hydrogens (primary N) is 1. The van der Waals surface area contributed by atoms with Crippen LogP contribution < -0.4 is 5.73 Å². The van der Waals surface area contributed by atoms with Gasteiger partial charge in [0.1, 0.15) is 0 Å². The van der Waals surface area contributed by atoms with Crippen LogP contribution in [-0.4, -0.2) is 36.2 Å². The van der Waals surface area contributed by atoms with Crippen molar-refractivity contribution in [2.45, 2.75) is 51.9 Å². The van der Waals surface area contributed by atoms with Gasteiger partial charge in [-0.15, -0.1) is 11.3 Å². The fourth-order valence-corrected chi connectivity index (χ4v) is 3.86. The molecule has 1 aromatic heterocycles. The van der Waals surface area contributed by atoms with Gasteiger partial charge in [-0.05, 0) is 44.7 Å². The summed E-state index contributed by atoms with van der Waals surface area (Å²) in [7, 11) is 0. The summed E-state index contributed by atoms with van der Waals surface area (Å²) in [6.45, 7) is 10.4. The summed E-state index contributed by atoms with van der Waals surface area (Å²) in [4.78, 5) is 3.92. The normalized spacial score (nSPS) is 29.2. The lowest BCUT2D eigenvalue weighted by Crippen LogP contribution is -2.52. The van der Waals surface area contributed by atoms with Crippen LogP contribution in [0.2, 0.25) is 0 Å². The van der Waals surface area contributed by atoms with Gasteiger partial charge in [0.15, 0.2) is 0 Å². The maximum Gasteiger partial charge on any atom is 0.0675 e. The zero-order chi connectivity index (χ0) is 13.3. The second-order valence-electron chi connectivity index (χ2n) is 5.46. The van der Waals surface area contributed by atoms with Crippen molar-refractivity contribution >= 4 is 11.3 Å². The Kier molecular flexibility index (Phi) is 4.43. The molecule has 4 atom stereocenters. The summed E-state index contributed by atoms with van der Waals surface area (Å²) < 4.78 is 5.72. The topological polar surface area (TPSA) is 38.5 Å². The molecule has 0 aliphatic carbocycles. The van der Waals surface area contributed by atoms with E-state index in [-0.39, 0.29) is 6.04 Å². The average Bonchev–Trinajstić information content (AvgIpc) is 2.70. The van der Waals surface area contributed by atoms with E-state index in [0.29, 0.717) is 18.2 Å². The Morgan fingerprint density at radius 3 is 2.78 bits per heavy atom. The smallest absolute Gasteiger partial charge is 0.0675 e. The van der Waals surface area contributed by atoms with Crippen LogP contribution in [0.1, 0.15) is 37.3 Å². The van der Waals surface area contributed by atoms with Crippen LogP contribution in [-0.2, 0) is 4.74 Å². The van der Waals surface area contributed by atoms with E-state index < -0.39 is 0 Å². The number of hydrogen-bond donors (Lipinski definition) is 1. The lowest BCUT2D eigenvalue weighted by Gasteiger charge is -2.43. The minimum Gasteiger partial charge on any atom is -0.376 e. The molecule has 0 spiro atoms. The molecule has 1 fully saturated rings. The number of aryl methyl sites for hydroxylation is 1. The van der Waals surface area contributed by atoms with Crippen LogP contribution >= 0.6 is 11.3 Å². The molecule has 0 aromatic carbocycles. The molecule has 1 saturated heterocycles. The van der Waals surface area contributed by atoms with E-state index >= 15 is 0 Å². The molecule has 1 aliphatic rings. The summed E-state index contributed by atoms with van der Waals surface area (Å²) in [5.74, 6) is 0. The second kappa shape index (κ2) is 5.70. The molecule has 2 rings (SSSR count). The van der Waals surface area contributed by atoms with Crippen molar-refractivity contribution in [1.29, 1.82) is 0 Å². The monoisotopic (exact) mass is 268 g/mol. The van der Waals surface area contributed by atoms with E-state index in [1.807, 2.05) is 11.3 Å². The van der Waals surface area contributed by atoms with Gasteiger partial charge in [0.25, 0.3) is 0 Å². The molecule has 2 heterocycles. The minimum atomic E-state index is 0.134. The Hall–Kier alpha value is -0.420. The SMILES string of the molecule is Cc1ccsc1C(C(C)N)N1CC(C)OCC1C. The van der Waals surface area contributed by atoms with Gasteiger partial charge < -0.3 is 10.5 Å². The van der Waals surface area contributed by atoms with Crippen molar-refractivity contribution in [3.05, 3.63) is 21.9 Å². The van der Waals surface area contributed by atoms with Gasteiger partial charge in [0.2, 0.25) is 0 Å². The van der Waals surface area contributed by atoms with Crippen molar-refractivity contribution < 1.29 is 4.74 Å². The van der Waals surface area contributed by atoms with E-state index in [9.17, 15) is 0 Å². The predicted octanol–water partition coefficient (Wildman–Crippen LogP) is 2.55. The highest BCUT2D eigenvalue weighted by molar-refractivity contribution is 7.10. The number of hydrogen-bond acceptors (Lipinski definition) is 4. The van der Waals surface area contributed by atoms with Crippen molar-refractivity contribution in [2.75, 3.05) is 13.2 Å². The third kappa shape index (κ3) is 2.77. The van der Waals surface area contributed by atoms with Crippen molar-refractivity contribution in [3.63, 3.8) is 0 Å². The largest absolute Gasteiger partial charge is 0.376 e. The Balaban J connectivity index is 2.27. The van der Waals surface area contributed by atoms with Gasteiger partial charge in [-0.25, -0.2) is 0 Å². The van der Waals surface area contributed by atoms with E-state index in [4.69, 9.17) is 10.5 Å². The van der Waals surface area contributed by atoms with Crippen LogP contribution in [0, 0.1) is 6.92 Å². The molecule has 4 heteroatoms. The highest BCUT2D eigenvalue weighted by Crippen LogP contribution is 2.33. The molecule has 2 N–H and O–H groups in total. The fourth-order valence-electron chi connectivity index (χ4n) is 2.70. The third-order valence-electron chi connectivity index (χ3n) is 3.68. The van der Waals surface area contributed by atoms with Crippen LogP contribution in [0.5, 0.6) is 0 Å². The Morgan fingerprint density at radius 2 is 2.22 bits per heavy atom. The first-order valence-corrected chi connectivity index (χ1v) is 7.55. The summed E-state index contributed by atoms with van der Waals surface area (Å²) in [6, 6.07) is 3.06. The first kappa shape index (κ1) is 14.0. The molecule has 1 aliphatic heterocycles. The Morgan fingerprint density at radius 1 is 1.50 bits per heavy atom. The lowest BCUT2D eigenvalue weighted by atomic mass is 10.0. The molecule has 0 saturated carbocycles. The van der Waals surface area contributed by atoms with Crippen molar-refractivity contribution in [2.24, 2.45) is 5.73 Å². The molecule has 1 aromatic rings. The predicted molar refractivity (Wildman–Crippen MR) is 77.0 cm³/mol. The highest BCUT2D eigenvalue weighted by Gasteiger charge is 2.33. The standard InChI is InChI=1S/C14H24N2OS/c1-9-5-6-18-14(9)13(12(4)15)16-7-11(3)17-8-10(16)2/h5-6,10-13H,7-8,15H2,1-4H3. The van der Waals surface area contributed by atoms with Crippen molar-refractivity contribution in [1.82, 2.24) is 4.90 Å². The van der Waals surface area contributed by atoms with Gasteiger partial charge in [-0.1, -0.05) is 0 Å². The molecular weight excluding hydrogens is 244 g/mol. The van der Waals surface area contributed by atoms with Crippen LogP contribution in [0.15, 0.2) is 11.4 Å². The molecule has 18 heavy (non-hydrogen) atoms. The molecule has 0 radical (unpaired) electrons. The van der Waals surface area contributed by atoms with E-state index in [0.717, 1.165) is 13.2 Å². The van der Waals surface area contributed by atoms with Crippen LogP contribution in [0.25, 0.3) is 0 Å². The second-order valence-corrected chi connectivity index (χ2v) is 6.41. The molecule has 102 valence electrons.